The van der Waals surface area contributed by atoms with Gasteiger partial charge in [-0.2, -0.15) is 0 Å². The Labute approximate surface area is 120 Å². The van der Waals surface area contributed by atoms with E-state index < -0.39 is 0 Å². The molecule has 110 valence electrons. The van der Waals surface area contributed by atoms with Crippen molar-refractivity contribution < 1.29 is 14.6 Å². The molecule has 0 aromatic heterocycles. The molecular formula is C16H23NO3. The van der Waals surface area contributed by atoms with Crippen molar-refractivity contribution >= 4 is 5.91 Å². The van der Waals surface area contributed by atoms with Crippen LogP contribution in [-0.2, 0) is 4.79 Å². The fourth-order valence-electron chi connectivity index (χ4n) is 2.69. The van der Waals surface area contributed by atoms with Crippen molar-refractivity contribution in [1.82, 2.24) is 5.32 Å². The minimum atomic E-state index is 0.00278. The highest BCUT2D eigenvalue weighted by atomic mass is 16.5. The average Bonchev–Trinajstić information content (AvgIpc) is 2.86. The second-order valence-corrected chi connectivity index (χ2v) is 5.46. The summed E-state index contributed by atoms with van der Waals surface area (Å²) in [4.78, 5) is 11.8. The van der Waals surface area contributed by atoms with Gasteiger partial charge in [-0.3, -0.25) is 4.79 Å². The number of aliphatic hydroxyl groups excluding tert-OH is 1. The molecule has 1 saturated carbocycles. The Hall–Kier alpha value is -1.55. The molecule has 2 unspecified atom stereocenters. The first kappa shape index (κ1) is 14.9. The summed E-state index contributed by atoms with van der Waals surface area (Å²) in [6.07, 6.45) is 3.40. The highest BCUT2D eigenvalue weighted by molar-refractivity contribution is 5.76. The van der Waals surface area contributed by atoms with Crippen molar-refractivity contribution in [3.63, 3.8) is 0 Å². The first-order chi connectivity index (χ1) is 9.69. The van der Waals surface area contributed by atoms with Crippen LogP contribution in [0.3, 0.4) is 0 Å². The maximum absolute atomic E-state index is 11.8. The fraction of sp³-hybridized carbons (Fsp3) is 0.562. The summed E-state index contributed by atoms with van der Waals surface area (Å²) in [5.41, 5.74) is 1.14. The van der Waals surface area contributed by atoms with E-state index in [0.29, 0.717) is 13.0 Å². The number of amides is 1. The van der Waals surface area contributed by atoms with E-state index in [1.165, 1.54) is 0 Å². The average molecular weight is 277 g/mol. The molecule has 1 fully saturated rings. The topological polar surface area (TPSA) is 58.6 Å². The Morgan fingerprint density at radius 1 is 1.45 bits per heavy atom. The standard InChI is InChI=1S/C16H23NO3/c1-12-4-2-6-14(10-12)20-9-8-16(19)17-15-7-3-5-13(15)11-18/h2,4,6,10,13,15,18H,3,5,7-9,11H2,1H3,(H,17,19). The molecule has 1 aromatic carbocycles. The van der Waals surface area contributed by atoms with Crippen LogP contribution in [0.5, 0.6) is 5.75 Å². The van der Waals surface area contributed by atoms with Crippen molar-refractivity contribution in [2.75, 3.05) is 13.2 Å². The third-order valence-corrected chi connectivity index (χ3v) is 3.83. The van der Waals surface area contributed by atoms with Crippen molar-refractivity contribution in [3.05, 3.63) is 29.8 Å². The number of hydrogen-bond acceptors (Lipinski definition) is 3. The van der Waals surface area contributed by atoms with Gasteiger partial charge in [-0.1, -0.05) is 18.6 Å². The molecule has 2 atom stereocenters. The van der Waals surface area contributed by atoms with Crippen LogP contribution in [0, 0.1) is 12.8 Å². The summed E-state index contributed by atoms with van der Waals surface area (Å²) in [6, 6.07) is 7.93. The van der Waals surface area contributed by atoms with Gasteiger partial charge >= 0.3 is 0 Å². The van der Waals surface area contributed by atoms with Gasteiger partial charge in [-0.25, -0.2) is 0 Å². The van der Waals surface area contributed by atoms with Gasteiger partial charge in [0.1, 0.15) is 5.75 Å². The number of ether oxygens (including phenoxy) is 1. The second-order valence-electron chi connectivity index (χ2n) is 5.46. The van der Waals surface area contributed by atoms with Crippen LogP contribution in [0.25, 0.3) is 0 Å². The molecule has 20 heavy (non-hydrogen) atoms. The lowest BCUT2D eigenvalue weighted by molar-refractivity contribution is -0.122. The summed E-state index contributed by atoms with van der Waals surface area (Å²) in [6.45, 7) is 2.55. The van der Waals surface area contributed by atoms with E-state index in [1.54, 1.807) is 0 Å². The van der Waals surface area contributed by atoms with Gasteiger partial charge in [-0.05, 0) is 37.5 Å². The number of benzene rings is 1. The van der Waals surface area contributed by atoms with Gasteiger partial charge in [0.25, 0.3) is 0 Å². The molecule has 4 heteroatoms. The van der Waals surface area contributed by atoms with Crippen molar-refractivity contribution in [1.29, 1.82) is 0 Å². The van der Waals surface area contributed by atoms with Crippen molar-refractivity contribution in [2.24, 2.45) is 5.92 Å². The number of hydrogen-bond donors (Lipinski definition) is 2. The summed E-state index contributed by atoms with van der Waals surface area (Å²) >= 11 is 0. The Bertz CT molecular complexity index is 447. The lowest BCUT2D eigenvalue weighted by Gasteiger charge is -2.19. The first-order valence-corrected chi connectivity index (χ1v) is 7.28. The fourth-order valence-corrected chi connectivity index (χ4v) is 2.69. The Morgan fingerprint density at radius 2 is 2.30 bits per heavy atom. The van der Waals surface area contributed by atoms with Gasteiger partial charge < -0.3 is 15.2 Å². The Balaban J connectivity index is 1.70. The van der Waals surface area contributed by atoms with E-state index in [0.717, 1.165) is 30.6 Å². The molecule has 0 aliphatic heterocycles. The molecule has 0 saturated heterocycles. The highest BCUT2D eigenvalue weighted by Crippen LogP contribution is 2.25. The monoisotopic (exact) mass is 277 g/mol. The third kappa shape index (κ3) is 4.23. The van der Waals surface area contributed by atoms with Crippen LogP contribution in [0.1, 0.15) is 31.2 Å². The minimum Gasteiger partial charge on any atom is -0.493 e. The van der Waals surface area contributed by atoms with Crippen LogP contribution in [0.4, 0.5) is 0 Å². The van der Waals surface area contributed by atoms with Gasteiger partial charge in [0.05, 0.1) is 13.0 Å². The molecule has 1 amide bonds. The number of aryl methyl sites for hydroxylation is 1. The van der Waals surface area contributed by atoms with Crippen LogP contribution in [0.15, 0.2) is 24.3 Å². The van der Waals surface area contributed by atoms with Gasteiger partial charge in [0.2, 0.25) is 5.91 Å². The van der Waals surface area contributed by atoms with Crippen LogP contribution >= 0.6 is 0 Å². The number of aliphatic hydroxyl groups is 1. The molecule has 0 radical (unpaired) electrons. The maximum atomic E-state index is 11.8. The van der Waals surface area contributed by atoms with Crippen molar-refractivity contribution in [3.8, 4) is 5.75 Å². The summed E-state index contributed by atoms with van der Waals surface area (Å²) in [7, 11) is 0. The first-order valence-electron chi connectivity index (χ1n) is 7.28. The van der Waals surface area contributed by atoms with Crippen LogP contribution in [-0.4, -0.2) is 30.3 Å². The van der Waals surface area contributed by atoms with E-state index in [1.807, 2.05) is 31.2 Å². The number of rotatable bonds is 6. The molecule has 2 rings (SSSR count). The number of carbonyl (C=O) groups excluding carboxylic acids is 1. The van der Waals surface area contributed by atoms with E-state index in [2.05, 4.69) is 5.32 Å². The zero-order valence-electron chi connectivity index (χ0n) is 12.0. The molecule has 2 N–H and O–H groups in total. The number of carbonyl (C=O) groups is 1. The van der Waals surface area contributed by atoms with E-state index >= 15 is 0 Å². The maximum Gasteiger partial charge on any atom is 0.223 e. The zero-order valence-corrected chi connectivity index (χ0v) is 12.0. The summed E-state index contributed by atoms with van der Waals surface area (Å²) < 4.78 is 5.56. The van der Waals surface area contributed by atoms with Crippen LogP contribution in [0.2, 0.25) is 0 Å². The molecular weight excluding hydrogens is 254 g/mol. The minimum absolute atomic E-state index is 0.00278. The Kier molecular flexibility index (Phi) is 5.41. The molecule has 1 aliphatic carbocycles. The second kappa shape index (κ2) is 7.29. The summed E-state index contributed by atoms with van der Waals surface area (Å²) in [5, 5.41) is 12.2. The molecule has 4 nitrogen and oxygen atoms in total. The van der Waals surface area contributed by atoms with Gasteiger partial charge in [-0.15, -0.1) is 0 Å². The van der Waals surface area contributed by atoms with Gasteiger partial charge in [0.15, 0.2) is 0 Å². The predicted molar refractivity (Wildman–Crippen MR) is 77.6 cm³/mol. The van der Waals surface area contributed by atoms with E-state index in [9.17, 15) is 9.90 Å². The SMILES string of the molecule is Cc1cccc(OCCC(=O)NC2CCCC2CO)c1. The lowest BCUT2D eigenvalue weighted by Crippen LogP contribution is -2.39. The predicted octanol–water partition coefficient (Wildman–Crippen LogP) is 2.04. The largest absolute Gasteiger partial charge is 0.493 e. The zero-order chi connectivity index (χ0) is 14.4. The third-order valence-electron chi connectivity index (χ3n) is 3.83. The molecule has 1 aromatic rings. The Morgan fingerprint density at radius 3 is 3.05 bits per heavy atom. The van der Waals surface area contributed by atoms with Crippen molar-refractivity contribution in [2.45, 2.75) is 38.6 Å². The molecule has 0 heterocycles. The highest BCUT2D eigenvalue weighted by Gasteiger charge is 2.27. The van der Waals surface area contributed by atoms with Gasteiger partial charge in [0, 0.05) is 18.6 Å². The quantitative estimate of drug-likeness (QED) is 0.836. The smallest absolute Gasteiger partial charge is 0.223 e. The molecule has 0 bridgehead atoms. The molecule has 1 aliphatic rings. The van der Waals surface area contributed by atoms with Crippen LogP contribution < -0.4 is 10.1 Å². The van der Waals surface area contributed by atoms with E-state index in [-0.39, 0.29) is 24.5 Å². The normalized spacial score (nSPS) is 21.7. The summed E-state index contributed by atoms with van der Waals surface area (Å²) in [5.74, 6) is 1.02. The number of nitrogens with one attached hydrogen (secondary N) is 1. The lowest BCUT2D eigenvalue weighted by atomic mass is 10.1. The molecule has 0 spiro atoms. The van der Waals surface area contributed by atoms with E-state index in [4.69, 9.17) is 4.74 Å².